The predicted octanol–water partition coefficient (Wildman–Crippen LogP) is 1.60. The van der Waals surface area contributed by atoms with Gasteiger partial charge < -0.3 is 11.1 Å². The Hall–Kier alpha value is -0.640. The van der Waals surface area contributed by atoms with Crippen molar-refractivity contribution in [3.8, 4) is 0 Å². The summed E-state index contributed by atoms with van der Waals surface area (Å²) in [5, 5.41) is 3.04. The fourth-order valence-electron chi connectivity index (χ4n) is 1.82. The Morgan fingerprint density at radius 1 is 1.47 bits per heavy atom. The molecule has 1 amide bonds. The number of hydrogen-bond donors (Lipinski definition) is 2. The van der Waals surface area contributed by atoms with Crippen LogP contribution in [0.5, 0.6) is 0 Å². The van der Waals surface area contributed by atoms with Crippen molar-refractivity contribution in [1.82, 2.24) is 5.32 Å². The number of rotatable bonds is 3. The van der Waals surface area contributed by atoms with Gasteiger partial charge in [0.2, 0.25) is 5.91 Å². The lowest BCUT2D eigenvalue weighted by Crippen LogP contribution is -2.49. The molecule has 3 nitrogen and oxygen atoms in total. The average Bonchev–Trinajstić information content (AvgIpc) is 2.51. The number of amides is 1. The van der Waals surface area contributed by atoms with E-state index >= 15 is 0 Å². The van der Waals surface area contributed by atoms with Crippen molar-refractivity contribution in [1.29, 1.82) is 0 Å². The van der Waals surface area contributed by atoms with Crippen molar-refractivity contribution in [2.24, 2.45) is 17.1 Å². The summed E-state index contributed by atoms with van der Waals surface area (Å²) in [7, 11) is 0. The van der Waals surface area contributed by atoms with Gasteiger partial charge in [0, 0.05) is 6.04 Å². The van der Waals surface area contributed by atoms with Gasteiger partial charge in [-0.15, -0.1) is 0 Å². The van der Waals surface area contributed by atoms with Gasteiger partial charge in [-0.2, -0.15) is 0 Å². The summed E-state index contributed by atoms with van der Waals surface area (Å²) in [6.07, 6.45) is 3.46. The van der Waals surface area contributed by atoms with Gasteiger partial charge in [0.1, 0.15) is 0 Å². The number of nitrogens with one attached hydrogen (secondary N) is 1. The molecule has 0 aromatic carbocycles. The SMILES string of the molecule is CC1CCCC1NC(=O)C(C)(C)C(N)=S. The molecule has 2 unspecified atom stereocenters. The second-order valence-electron chi connectivity index (χ2n) is 4.98. The maximum absolute atomic E-state index is 11.9. The Morgan fingerprint density at radius 3 is 2.47 bits per heavy atom. The second kappa shape index (κ2) is 4.47. The molecule has 1 aliphatic carbocycles. The van der Waals surface area contributed by atoms with Gasteiger partial charge in [0.15, 0.2) is 0 Å². The van der Waals surface area contributed by atoms with Crippen LogP contribution in [0.1, 0.15) is 40.0 Å². The average molecular weight is 228 g/mol. The third-order valence-corrected chi connectivity index (χ3v) is 3.87. The summed E-state index contributed by atoms with van der Waals surface area (Å²) >= 11 is 4.90. The van der Waals surface area contributed by atoms with Crippen molar-refractivity contribution in [3.05, 3.63) is 0 Å². The van der Waals surface area contributed by atoms with E-state index < -0.39 is 5.41 Å². The van der Waals surface area contributed by atoms with Gasteiger partial charge in [-0.05, 0) is 32.6 Å². The summed E-state index contributed by atoms with van der Waals surface area (Å²) in [5.41, 5.74) is 4.81. The maximum Gasteiger partial charge on any atom is 0.232 e. The molecular formula is C11H20N2OS. The number of hydrogen-bond acceptors (Lipinski definition) is 2. The molecule has 0 radical (unpaired) electrons. The van der Waals surface area contributed by atoms with E-state index in [9.17, 15) is 4.79 Å². The summed E-state index contributed by atoms with van der Waals surface area (Å²) in [4.78, 5) is 12.2. The molecule has 0 saturated heterocycles. The van der Waals surface area contributed by atoms with Crippen LogP contribution in [-0.2, 0) is 4.79 Å². The monoisotopic (exact) mass is 228 g/mol. The molecule has 0 aromatic heterocycles. The van der Waals surface area contributed by atoms with Crippen molar-refractivity contribution in [2.45, 2.75) is 46.1 Å². The van der Waals surface area contributed by atoms with Crippen LogP contribution in [0.2, 0.25) is 0 Å². The van der Waals surface area contributed by atoms with Crippen molar-refractivity contribution < 1.29 is 4.79 Å². The molecule has 1 saturated carbocycles. The number of carbonyl (C=O) groups is 1. The minimum atomic E-state index is -0.738. The fourth-order valence-corrected chi connectivity index (χ4v) is 1.91. The third kappa shape index (κ3) is 2.68. The highest BCUT2D eigenvalue weighted by Gasteiger charge is 2.34. The van der Waals surface area contributed by atoms with E-state index in [1.807, 2.05) is 0 Å². The number of thiocarbonyl (C=S) groups is 1. The lowest BCUT2D eigenvalue weighted by atomic mass is 9.91. The number of nitrogens with two attached hydrogens (primary N) is 1. The molecule has 4 heteroatoms. The first-order valence-corrected chi connectivity index (χ1v) is 5.87. The highest BCUT2D eigenvalue weighted by Crippen LogP contribution is 2.26. The Morgan fingerprint density at radius 2 is 2.07 bits per heavy atom. The quantitative estimate of drug-likeness (QED) is 0.721. The normalized spacial score (nSPS) is 26.3. The fraction of sp³-hybridized carbons (Fsp3) is 0.818. The van der Waals surface area contributed by atoms with E-state index in [0.717, 1.165) is 6.42 Å². The Kier molecular flexibility index (Phi) is 3.71. The third-order valence-electron chi connectivity index (χ3n) is 3.36. The van der Waals surface area contributed by atoms with Crippen LogP contribution in [-0.4, -0.2) is 16.9 Å². The summed E-state index contributed by atoms with van der Waals surface area (Å²) in [6, 6.07) is 0.297. The first-order valence-electron chi connectivity index (χ1n) is 5.46. The molecule has 1 fully saturated rings. The molecular weight excluding hydrogens is 208 g/mol. The Labute approximate surface area is 96.8 Å². The van der Waals surface area contributed by atoms with Crippen LogP contribution >= 0.6 is 12.2 Å². The zero-order valence-corrected chi connectivity index (χ0v) is 10.5. The van der Waals surface area contributed by atoms with Crippen LogP contribution < -0.4 is 11.1 Å². The van der Waals surface area contributed by atoms with Gasteiger partial charge in [-0.3, -0.25) is 4.79 Å². The first-order chi connectivity index (χ1) is 6.85. The standard InChI is InChI=1S/C11H20N2OS/c1-7-5-4-6-8(7)13-10(14)11(2,3)9(12)15/h7-8H,4-6H2,1-3H3,(H2,12,15)(H,13,14). The molecule has 86 valence electrons. The molecule has 0 heterocycles. The smallest absolute Gasteiger partial charge is 0.232 e. The van der Waals surface area contributed by atoms with Crippen LogP contribution in [0.3, 0.4) is 0 Å². The van der Waals surface area contributed by atoms with E-state index in [2.05, 4.69) is 12.2 Å². The molecule has 3 N–H and O–H groups in total. The highest BCUT2D eigenvalue weighted by molar-refractivity contribution is 7.80. The van der Waals surface area contributed by atoms with E-state index in [4.69, 9.17) is 18.0 Å². The zero-order valence-electron chi connectivity index (χ0n) is 9.67. The van der Waals surface area contributed by atoms with Gasteiger partial charge in [0.05, 0.1) is 10.4 Å². The lowest BCUT2D eigenvalue weighted by Gasteiger charge is -2.26. The summed E-state index contributed by atoms with van der Waals surface area (Å²) in [6.45, 7) is 5.71. The molecule has 0 aliphatic heterocycles. The van der Waals surface area contributed by atoms with Crippen molar-refractivity contribution in [3.63, 3.8) is 0 Å². The maximum atomic E-state index is 11.9. The summed E-state index contributed by atoms with van der Waals surface area (Å²) < 4.78 is 0. The van der Waals surface area contributed by atoms with Gasteiger partial charge in [-0.1, -0.05) is 25.6 Å². The molecule has 0 bridgehead atoms. The van der Waals surface area contributed by atoms with E-state index in [0.29, 0.717) is 12.0 Å². The second-order valence-corrected chi connectivity index (χ2v) is 5.42. The first kappa shape index (κ1) is 12.4. The number of carbonyl (C=O) groups excluding carboxylic acids is 1. The van der Waals surface area contributed by atoms with Gasteiger partial charge in [0.25, 0.3) is 0 Å². The predicted molar refractivity (Wildman–Crippen MR) is 65.5 cm³/mol. The highest BCUT2D eigenvalue weighted by atomic mass is 32.1. The van der Waals surface area contributed by atoms with Gasteiger partial charge >= 0.3 is 0 Å². The Balaban J connectivity index is 2.59. The largest absolute Gasteiger partial charge is 0.392 e. The summed E-state index contributed by atoms with van der Waals surface area (Å²) in [5.74, 6) is 0.518. The molecule has 0 aromatic rings. The Bertz CT molecular complexity index is 276. The van der Waals surface area contributed by atoms with Crippen molar-refractivity contribution in [2.75, 3.05) is 0 Å². The van der Waals surface area contributed by atoms with E-state index in [1.165, 1.54) is 12.8 Å². The molecule has 2 atom stereocenters. The minimum Gasteiger partial charge on any atom is -0.392 e. The van der Waals surface area contributed by atoms with E-state index in [-0.39, 0.29) is 10.9 Å². The topological polar surface area (TPSA) is 55.1 Å². The molecule has 1 rings (SSSR count). The molecule has 1 aliphatic rings. The lowest BCUT2D eigenvalue weighted by molar-refractivity contribution is -0.127. The molecule has 15 heavy (non-hydrogen) atoms. The van der Waals surface area contributed by atoms with Crippen LogP contribution in [0.15, 0.2) is 0 Å². The zero-order chi connectivity index (χ0) is 11.6. The minimum absolute atomic E-state index is 0.0475. The van der Waals surface area contributed by atoms with Crippen LogP contribution in [0, 0.1) is 11.3 Å². The van der Waals surface area contributed by atoms with Crippen LogP contribution in [0.25, 0.3) is 0 Å². The van der Waals surface area contributed by atoms with Crippen molar-refractivity contribution >= 4 is 23.1 Å². The van der Waals surface area contributed by atoms with E-state index in [1.54, 1.807) is 13.8 Å². The molecule has 0 spiro atoms. The van der Waals surface area contributed by atoms with Crippen LogP contribution in [0.4, 0.5) is 0 Å². The van der Waals surface area contributed by atoms with Gasteiger partial charge in [-0.25, -0.2) is 0 Å².